The maximum Gasteiger partial charge on any atom is 0.150 e. The van der Waals surface area contributed by atoms with E-state index in [1.165, 1.54) is 9.75 Å². The third-order valence-electron chi connectivity index (χ3n) is 3.47. The second-order valence-electron chi connectivity index (χ2n) is 5.16. The highest BCUT2D eigenvalue weighted by Crippen LogP contribution is 2.39. The molecule has 0 radical (unpaired) electrons. The number of hydrogen-bond acceptors (Lipinski definition) is 4. The Morgan fingerprint density at radius 1 is 1.58 bits per heavy atom. The molecule has 1 aromatic heterocycles. The van der Waals surface area contributed by atoms with E-state index >= 15 is 0 Å². The van der Waals surface area contributed by atoms with Crippen LogP contribution in [0.5, 0.6) is 0 Å². The van der Waals surface area contributed by atoms with Gasteiger partial charge in [-0.2, -0.15) is 0 Å². The smallest absolute Gasteiger partial charge is 0.150 e. The summed E-state index contributed by atoms with van der Waals surface area (Å²) in [6.45, 7) is 5.13. The van der Waals surface area contributed by atoms with Crippen LogP contribution in [0.25, 0.3) is 0 Å². The van der Waals surface area contributed by atoms with Gasteiger partial charge in [0.25, 0.3) is 0 Å². The van der Waals surface area contributed by atoms with Gasteiger partial charge in [0.05, 0.1) is 11.5 Å². The Morgan fingerprint density at radius 2 is 2.32 bits per heavy atom. The molecule has 1 aromatic rings. The van der Waals surface area contributed by atoms with Gasteiger partial charge in [-0.15, -0.1) is 11.3 Å². The molecule has 1 fully saturated rings. The molecule has 0 bridgehead atoms. The fourth-order valence-electron chi connectivity index (χ4n) is 2.57. The van der Waals surface area contributed by atoms with E-state index in [4.69, 9.17) is 0 Å². The fraction of sp³-hybridized carbons (Fsp3) is 0.692. The summed E-state index contributed by atoms with van der Waals surface area (Å²) in [7, 11) is -2.83. The van der Waals surface area contributed by atoms with Crippen molar-refractivity contribution in [3.05, 3.63) is 20.3 Å². The second-order valence-corrected chi connectivity index (χ2v) is 9.54. The largest absolute Gasteiger partial charge is 0.309 e. The predicted molar refractivity (Wildman–Crippen MR) is 84.6 cm³/mol. The maximum atomic E-state index is 11.7. The quantitative estimate of drug-likeness (QED) is 0.870. The average molecular weight is 366 g/mol. The van der Waals surface area contributed by atoms with Crippen LogP contribution in [0.1, 0.15) is 35.6 Å². The van der Waals surface area contributed by atoms with E-state index in [1.807, 2.05) is 0 Å². The number of aryl methyl sites for hydroxylation is 1. The first-order valence-corrected chi connectivity index (χ1v) is 10.1. The summed E-state index contributed by atoms with van der Waals surface area (Å²) in [4.78, 5) is 2.50. The second kappa shape index (κ2) is 6.24. The van der Waals surface area contributed by atoms with Gasteiger partial charge in [0.15, 0.2) is 9.84 Å². The van der Waals surface area contributed by atoms with Gasteiger partial charge in [0, 0.05) is 20.3 Å². The molecule has 1 aliphatic rings. The molecular formula is C13H20BrNO2S2. The first-order valence-electron chi connectivity index (χ1n) is 6.62. The van der Waals surface area contributed by atoms with Crippen LogP contribution in [-0.4, -0.2) is 26.5 Å². The molecule has 0 saturated carbocycles. The molecule has 2 rings (SSSR count). The van der Waals surface area contributed by atoms with Gasteiger partial charge >= 0.3 is 0 Å². The van der Waals surface area contributed by atoms with E-state index < -0.39 is 9.84 Å². The fourth-order valence-corrected chi connectivity index (χ4v) is 6.48. The highest BCUT2D eigenvalue weighted by Gasteiger charge is 2.35. The number of thiophene rings is 1. The van der Waals surface area contributed by atoms with Crippen molar-refractivity contribution in [2.75, 3.05) is 18.1 Å². The number of hydrogen-bond donors (Lipinski definition) is 1. The van der Waals surface area contributed by atoms with Crippen LogP contribution in [0.2, 0.25) is 0 Å². The van der Waals surface area contributed by atoms with Crippen LogP contribution in [0.4, 0.5) is 0 Å². The van der Waals surface area contributed by atoms with Crippen molar-refractivity contribution in [3.63, 3.8) is 0 Å². The van der Waals surface area contributed by atoms with E-state index in [2.05, 4.69) is 41.2 Å². The lowest BCUT2D eigenvalue weighted by molar-refractivity contribution is 0.397. The Morgan fingerprint density at radius 3 is 2.79 bits per heavy atom. The molecule has 3 nitrogen and oxygen atoms in total. The van der Waals surface area contributed by atoms with Crippen molar-refractivity contribution < 1.29 is 8.42 Å². The molecule has 0 amide bonds. The van der Waals surface area contributed by atoms with Gasteiger partial charge in [-0.1, -0.05) is 6.92 Å². The zero-order valence-electron chi connectivity index (χ0n) is 11.3. The Bertz CT molecular complexity index is 539. The van der Waals surface area contributed by atoms with E-state index in [0.29, 0.717) is 11.5 Å². The molecule has 2 heterocycles. The molecule has 0 aliphatic carbocycles. The summed E-state index contributed by atoms with van der Waals surface area (Å²) >= 11 is 5.36. The molecule has 2 unspecified atom stereocenters. The zero-order valence-corrected chi connectivity index (χ0v) is 14.5. The van der Waals surface area contributed by atoms with E-state index in [-0.39, 0.29) is 12.0 Å². The van der Waals surface area contributed by atoms with Crippen molar-refractivity contribution in [1.82, 2.24) is 5.32 Å². The number of nitrogens with one attached hydrogen (secondary N) is 1. The van der Waals surface area contributed by atoms with Gasteiger partial charge in [-0.05, 0) is 54.2 Å². The Kier molecular flexibility index (Phi) is 5.09. The number of rotatable bonds is 5. The van der Waals surface area contributed by atoms with Crippen molar-refractivity contribution >= 4 is 37.1 Å². The van der Waals surface area contributed by atoms with Crippen molar-refractivity contribution in [2.45, 2.75) is 32.7 Å². The summed E-state index contributed by atoms with van der Waals surface area (Å²) in [5.74, 6) is 0.854. The normalized spacial score (nSPS) is 23.6. The lowest BCUT2D eigenvalue weighted by Gasteiger charge is -2.23. The van der Waals surface area contributed by atoms with Crippen LogP contribution < -0.4 is 5.32 Å². The summed E-state index contributed by atoms with van der Waals surface area (Å²) < 4.78 is 24.5. The van der Waals surface area contributed by atoms with Gasteiger partial charge in [0.2, 0.25) is 0 Å². The van der Waals surface area contributed by atoms with Crippen LogP contribution in [0.3, 0.4) is 0 Å². The minimum Gasteiger partial charge on any atom is -0.309 e. The molecular weight excluding hydrogens is 346 g/mol. The Labute approximate surface area is 127 Å². The molecule has 1 N–H and O–H groups in total. The van der Waals surface area contributed by atoms with Crippen LogP contribution in [0.15, 0.2) is 10.5 Å². The van der Waals surface area contributed by atoms with Gasteiger partial charge in [-0.25, -0.2) is 8.42 Å². The number of sulfone groups is 1. The SMILES string of the molecule is CCCNC(c1sc(C)cc1Br)C1CCS(=O)(=O)C1. The van der Waals surface area contributed by atoms with Gasteiger partial charge in [0.1, 0.15) is 0 Å². The number of halogens is 1. The summed E-state index contributed by atoms with van der Waals surface area (Å²) in [5.41, 5.74) is 0. The van der Waals surface area contributed by atoms with E-state index in [0.717, 1.165) is 23.9 Å². The average Bonchev–Trinajstić information content (AvgIpc) is 2.83. The molecule has 0 spiro atoms. The topological polar surface area (TPSA) is 46.2 Å². The highest BCUT2D eigenvalue weighted by molar-refractivity contribution is 9.10. The van der Waals surface area contributed by atoms with E-state index in [9.17, 15) is 8.42 Å². The first-order chi connectivity index (χ1) is 8.93. The van der Waals surface area contributed by atoms with Crippen molar-refractivity contribution in [3.8, 4) is 0 Å². The van der Waals surface area contributed by atoms with Crippen molar-refractivity contribution in [1.29, 1.82) is 0 Å². The lowest BCUT2D eigenvalue weighted by Crippen LogP contribution is -2.29. The highest BCUT2D eigenvalue weighted by atomic mass is 79.9. The molecule has 108 valence electrons. The maximum absolute atomic E-state index is 11.7. The predicted octanol–water partition coefficient (Wildman–Crippen LogP) is 3.29. The lowest BCUT2D eigenvalue weighted by atomic mass is 9.97. The Balaban J connectivity index is 2.23. The van der Waals surface area contributed by atoms with Gasteiger partial charge < -0.3 is 5.32 Å². The van der Waals surface area contributed by atoms with Crippen LogP contribution >= 0.6 is 27.3 Å². The summed E-state index contributed by atoms with van der Waals surface area (Å²) in [6, 6.07) is 2.27. The van der Waals surface area contributed by atoms with Crippen molar-refractivity contribution in [2.24, 2.45) is 5.92 Å². The van der Waals surface area contributed by atoms with Crippen LogP contribution in [0, 0.1) is 12.8 Å². The molecule has 1 saturated heterocycles. The molecule has 19 heavy (non-hydrogen) atoms. The van der Waals surface area contributed by atoms with Crippen LogP contribution in [-0.2, 0) is 9.84 Å². The third kappa shape index (κ3) is 3.80. The van der Waals surface area contributed by atoms with E-state index in [1.54, 1.807) is 11.3 Å². The minimum absolute atomic E-state index is 0.158. The Hall–Kier alpha value is 0.0900. The monoisotopic (exact) mass is 365 g/mol. The summed E-state index contributed by atoms with van der Waals surface area (Å²) in [6.07, 6.45) is 1.82. The van der Waals surface area contributed by atoms with Gasteiger partial charge in [-0.3, -0.25) is 0 Å². The third-order valence-corrected chi connectivity index (χ3v) is 7.32. The minimum atomic E-state index is -2.83. The molecule has 0 aromatic carbocycles. The standard InChI is InChI=1S/C13H20BrNO2S2/c1-3-5-15-12(10-4-6-19(16,17)8-10)13-11(14)7-9(2)18-13/h7,10,12,15H,3-6,8H2,1-2H3. The first kappa shape index (κ1) is 15.5. The molecule has 6 heteroatoms. The summed E-state index contributed by atoms with van der Waals surface area (Å²) in [5, 5.41) is 3.54. The molecule has 1 aliphatic heterocycles. The molecule has 2 atom stereocenters. The zero-order chi connectivity index (χ0) is 14.0.